The molecule has 0 heterocycles. The number of amides is 1. The number of nitrogens with two attached hydrogens (primary N) is 2. The fraction of sp³-hybridized carbons (Fsp3) is 0.800. The number of likely N-dealkylation sites (N-methyl/N-ethyl adjacent to an activating group) is 1. The number of carbonyl (C=O) groups excluding carboxylic acids is 1. The zero-order valence-electron chi connectivity index (χ0n) is 6.54. The summed E-state index contributed by atoms with van der Waals surface area (Å²) < 4.78 is 0. The van der Waals surface area contributed by atoms with Crippen LogP contribution in [0, 0.1) is 0 Å². The molecule has 0 saturated carbocycles. The molecule has 0 aliphatic rings. The van der Waals surface area contributed by atoms with Crippen molar-refractivity contribution in [3.8, 4) is 0 Å². The van der Waals surface area contributed by atoms with Gasteiger partial charge in [-0.05, 0) is 0 Å². The Balaban J connectivity index is 3.46. The zero-order valence-corrected chi connectivity index (χ0v) is 6.54. The molecule has 0 fully saturated rings. The van der Waals surface area contributed by atoms with Gasteiger partial charge in [0.2, 0.25) is 5.91 Å². The van der Waals surface area contributed by atoms with Gasteiger partial charge in [-0.2, -0.15) is 0 Å². The second kappa shape index (κ2) is 6.05. The summed E-state index contributed by atoms with van der Waals surface area (Å²) in [6.45, 7) is 0.922. The molecule has 5 N–H and O–H groups in total. The normalized spacial score (nSPS) is 9.73. The quantitative estimate of drug-likeness (QED) is 0.315. The van der Waals surface area contributed by atoms with Crippen molar-refractivity contribution in [1.29, 1.82) is 0 Å². The summed E-state index contributed by atoms with van der Waals surface area (Å²) >= 11 is 0. The Kier molecular flexibility index (Phi) is 5.67. The summed E-state index contributed by atoms with van der Waals surface area (Å²) in [6.07, 6.45) is 0. The summed E-state index contributed by atoms with van der Waals surface area (Å²) in [5.41, 5.74) is 2.26. The molecule has 1 amide bonds. The van der Waals surface area contributed by atoms with Crippen LogP contribution in [-0.4, -0.2) is 37.6 Å². The molecule has 0 spiro atoms. The molecule has 0 aromatic rings. The third-order valence-electron chi connectivity index (χ3n) is 1.22. The third-order valence-corrected chi connectivity index (χ3v) is 1.22. The highest BCUT2D eigenvalue weighted by molar-refractivity contribution is 5.77. The number of hydrogen-bond acceptors (Lipinski definition) is 5. The van der Waals surface area contributed by atoms with Crippen LogP contribution in [0.5, 0.6) is 0 Å². The van der Waals surface area contributed by atoms with Gasteiger partial charge in [0.15, 0.2) is 0 Å². The van der Waals surface area contributed by atoms with E-state index in [4.69, 9.17) is 11.7 Å². The molecular weight excluding hydrogens is 148 g/mol. The maximum atomic E-state index is 10.9. The van der Waals surface area contributed by atoms with E-state index in [0.29, 0.717) is 13.2 Å². The first-order valence-corrected chi connectivity index (χ1v) is 3.21. The van der Waals surface area contributed by atoms with Crippen molar-refractivity contribution in [2.75, 3.05) is 26.7 Å². The molecule has 0 aromatic carbocycles. The van der Waals surface area contributed by atoms with Crippen LogP contribution in [-0.2, 0) is 9.63 Å². The van der Waals surface area contributed by atoms with Crippen LogP contribution in [0.25, 0.3) is 0 Å². The SMILES string of the molecule is CN(CCON)C(=O)CNN. The molecule has 0 bridgehead atoms. The van der Waals surface area contributed by atoms with Gasteiger partial charge >= 0.3 is 0 Å². The van der Waals surface area contributed by atoms with Crippen molar-refractivity contribution in [2.45, 2.75) is 0 Å². The van der Waals surface area contributed by atoms with E-state index in [1.54, 1.807) is 7.05 Å². The van der Waals surface area contributed by atoms with Crippen LogP contribution in [0.15, 0.2) is 0 Å². The molecule has 66 valence electrons. The molecule has 6 heteroatoms. The van der Waals surface area contributed by atoms with Crippen LogP contribution in [0.3, 0.4) is 0 Å². The van der Waals surface area contributed by atoms with Crippen molar-refractivity contribution in [3.05, 3.63) is 0 Å². The standard InChI is InChI=1S/C5H14N4O2/c1-9(2-3-11-7)5(10)4-8-6/h8H,2-4,6-7H2,1H3. The highest BCUT2D eigenvalue weighted by Gasteiger charge is 2.05. The van der Waals surface area contributed by atoms with E-state index in [1.165, 1.54) is 4.90 Å². The van der Waals surface area contributed by atoms with Gasteiger partial charge in [0.1, 0.15) is 0 Å². The van der Waals surface area contributed by atoms with Gasteiger partial charge in [-0.15, -0.1) is 0 Å². The van der Waals surface area contributed by atoms with Crippen molar-refractivity contribution in [2.24, 2.45) is 11.7 Å². The Morgan fingerprint density at radius 2 is 2.36 bits per heavy atom. The lowest BCUT2D eigenvalue weighted by atomic mass is 10.5. The number of hydrogen-bond donors (Lipinski definition) is 3. The van der Waals surface area contributed by atoms with E-state index in [9.17, 15) is 4.79 Å². The second-order valence-corrected chi connectivity index (χ2v) is 2.07. The van der Waals surface area contributed by atoms with Gasteiger partial charge in [-0.1, -0.05) is 0 Å². The van der Waals surface area contributed by atoms with E-state index in [2.05, 4.69) is 10.3 Å². The van der Waals surface area contributed by atoms with E-state index in [0.717, 1.165) is 0 Å². The largest absolute Gasteiger partial charge is 0.342 e. The van der Waals surface area contributed by atoms with Gasteiger partial charge in [0.25, 0.3) is 0 Å². The summed E-state index contributed by atoms with van der Waals surface area (Å²) in [6, 6.07) is 0. The van der Waals surface area contributed by atoms with Crippen LogP contribution >= 0.6 is 0 Å². The fourth-order valence-corrected chi connectivity index (χ4v) is 0.537. The van der Waals surface area contributed by atoms with Crippen LogP contribution in [0.4, 0.5) is 0 Å². The maximum Gasteiger partial charge on any atom is 0.237 e. The third kappa shape index (κ3) is 4.68. The number of rotatable bonds is 5. The minimum atomic E-state index is -0.0930. The van der Waals surface area contributed by atoms with Crippen molar-refractivity contribution < 1.29 is 9.63 Å². The van der Waals surface area contributed by atoms with Gasteiger partial charge in [-0.25, -0.2) is 5.90 Å². The molecule has 0 aromatic heterocycles. The van der Waals surface area contributed by atoms with Gasteiger partial charge in [-0.3, -0.25) is 16.1 Å². The molecular formula is C5H14N4O2. The van der Waals surface area contributed by atoms with E-state index >= 15 is 0 Å². The molecule has 0 radical (unpaired) electrons. The molecule has 0 unspecified atom stereocenters. The number of nitrogens with zero attached hydrogens (tertiary/aromatic N) is 1. The van der Waals surface area contributed by atoms with Gasteiger partial charge < -0.3 is 9.74 Å². The number of carbonyl (C=O) groups is 1. The first-order valence-electron chi connectivity index (χ1n) is 3.21. The average molecular weight is 162 g/mol. The lowest BCUT2D eigenvalue weighted by molar-refractivity contribution is -0.129. The van der Waals surface area contributed by atoms with Crippen LogP contribution in [0.2, 0.25) is 0 Å². The minimum Gasteiger partial charge on any atom is -0.342 e. The molecule has 0 atom stereocenters. The first-order chi connectivity index (χ1) is 5.22. The van der Waals surface area contributed by atoms with E-state index < -0.39 is 0 Å². The van der Waals surface area contributed by atoms with Gasteiger partial charge in [0, 0.05) is 13.6 Å². The highest BCUT2D eigenvalue weighted by atomic mass is 16.6. The summed E-state index contributed by atoms with van der Waals surface area (Å²) in [4.78, 5) is 16.7. The predicted molar refractivity (Wildman–Crippen MR) is 40.0 cm³/mol. The Morgan fingerprint density at radius 3 is 2.82 bits per heavy atom. The monoisotopic (exact) mass is 162 g/mol. The molecule has 0 rings (SSSR count). The molecule has 6 nitrogen and oxygen atoms in total. The van der Waals surface area contributed by atoms with Crippen molar-refractivity contribution >= 4 is 5.91 Å². The lowest BCUT2D eigenvalue weighted by Crippen LogP contribution is -2.39. The van der Waals surface area contributed by atoms with E-state index in [1.807, 2.05) is 0 Å². The number of hydrazine groups is 1. The molecule has 0 aliphatic heterocycles. The minimum absolute atomic E-state index is 0.0930. The zero-order chi connectivity index (χ0) is 8.69. The van der Waals surface area contributed by atoms with Crippen molar-refractivity contribution in [3.63, 3.8) is 0 Å². The van der Waals surface area contributed by atoms with E-state index in [-0.39, 0.29) is 12.5 Å². The lowest BCUT2D eigenvalue weighted by Gasteiger charge is -2.15. The molecule has 0 saturated heterocycles. The summed E-state index contributed by atoms with van der Waals surface area (Å²) in [5, 5.41) is 0. The Morgan fingerprint density at radius 1 is 1.73 bits per heavy atom. The van der Waals surface area contributed by atoms with Crippen LogP contribution in [0.1, 0.15) is 0 Å². The summed E-state index contributed by atoms with van der Waals surface area (Å²) in [7, 11) is 1.65. The molecule has 0 aliphatic carbocycles. The first kappa shape index (κ1) is 10.3. The predicted octanol–water partition coefficient (Wildman–Crippen LogP) is -2.20. The Bertz CT molecular complexity index is 119. The smallest absolute Gasteiger partial charge is 0.237 e. The van der Waals surface area contributed by atoms with Crippen LogP contribution < -0.4 is 17.2 Å². The second-order valence-electron chi connectivity index (χ2n) is 2.07. The topological polar surface area (TPSA) is 93.6 Å². The maximum absolute atomic E-state index is 10.9. The Labute approximate surface area is 65.4 Å². The average Bonchev–Trinajstić information content (AvgIpc) is 2.00. The highest BCUT2D eigenvalue weighted by Crippen LogP contribution is 1.81. The van der Waals surface area contributed by atoms with Crippen molar-refractivity contribution in [1.82, 2.24) is 10.3 Å². The molecule has 11 heavy (non-hydrogen) atoms. The van der Waals surface area contributed by atoms with Gasteiger partial charge in [0.05, 0.1) is 13.2 Å². The summed E-state index contributed by atoms with van der Waals surface area (Å²) in [5.74, 6) is 9.62. The Hall–Kier alpha value is -0.690. The fourth-order valence-electron chi connectivity index (χ4n) is 0.537. The number of nitrogens with one attached hydrogen (secondary N) is 1.